The number of benzene rings is 1. The summed E-state index contributed by atoms with van der Waals surface area (Å²) in [7, 11) is 0. The number of nitrogens with one attached hydrogen (secondary N) is 2. The Hall–Kier alpha value is -2.14. The van der Waals surface area contributed by atoms with E-state index >= 15 is 0 Å². The number of hydrogen-bond acceptors (Lipinski definition) is 3. The minimum absolute atomic E-state index is 0.0911. The van der Waals surface area contributed by atoms with Crippen molar-refractivity contribution in [3.05, 3.63) is 52.2 Å². The summed E-state index contributed by atoms with van der Waals surface area (Å²) in [5.41, 5.74) is 1.20. The summed E-state index contributed by atoms with van der Waals surface area (Å²) >= 11 is 1.39. The number of rotatable bonds is 5. The predicted molar refractivity (Wildman–Crippen MR) is 88.4 cm³/mol. The number of anilines is 1. The summed E-state index contributed by atoms with van der Waals surface area (Å²) in [6, 6.07) is 10.8. The van der Waals surface area contributed by atoms with E-state index in [1.807, 2.05) is 18.4 Å². The second-order valence-corrected chi connectivity index (χ2v) is 6.56. The lowest BCUT2D eigenvalue weighted by Crippen LogP contribution is -2.34. The van der Waals surface area contributed by atoms with Gasteiger partial charge in [0.2, 0.25) is 0 Å². The zero-order chi connectivity index (χ0) is 15.5. The SMILES string of the molecule is CC(NC(=O)c1cccc(NC(=O)c2cccs2)c1)C1CC1. The van der Waals surface area contributed by atoms with Crippen LogP contribution in [-0.2, 0) is 0 Å². The van der Waals surface area contributed by atoms with Gasteiger partial charge in [0, 0.05) is 17.3 Å². The van der Waals surface area contributed by atoms with Gasteiger partial charge in [-0.2, -0.15) is 0 Å². The van der Waals surface area contributed by atoms with Gasteiger partial charge in [-0.1, -0.05) is 12.1 Å². The van der Waals surface area contributed by atoms with E-state index in [0.29, 0.717) is 22.0 Å². The van der Waals surface area contributed by atoms with Crippen LogP contribution < -0.4 is 10.6 Å². The molecule has 1 atom stereocenters. The topological polar surface area (TPSA) is 58.2 Å². The molecule has 5 heteroatoms. The van der Waals surface area contributed by atoms with E-state index in [2.05, 4.69) is 10.6 Å². The highest BCUT2D eigenvalue weighted by molar-refractivity contribution is 7.12. The monoisotopic (exact) mass is 314 g/mol. The maximum Gasteiger partial charge on any atom is 0.265 e. The Morgan fingerprint density at radius 1 is 1.18 bits per heavy atom. The first-order chi connectivity index (χ1) is 10.6. The second-order valence-electron chi connectivity index (χ2n) is 5.61. The normalized spacial score (nSPS) is 15.1. The molecule has 0 bridgehead atoms. The van der Waals surface area contributed by atoms with Crippen LogP contribution in [0.3, 0.4) is 0 Å². The average molecular weight is 314 g/mol. The van der Waals surface area contributed by atoms with E-state index in [-0.39, 0.29) is 17.9 Å². The van der Waals surface area contributed by atoms with Crippen LogP contribution >= 0.6 is 11.3 Å². The van der Waals surface area contributed by atoms with Crippen molar-refractivity contribution in [1.82, 2.24) is 5.32 Å². The van der Waals surface area contributed by atoms with E-state index < -0.39 is 0 Å². The molecular weight excluding hydrogens is 296 g/mol. The van der Waals surface area contributed by atoms with Gasteiger partial charge in [0.25, 0.3) is 11.8 Å². The van der Waals surface area contributed by atoms with Crippen LogP contribution in [0, 0.1) is 5.92 Å². The van der Waals surface area contributed by atoms with Crippen molar-refractivity contribution in [1.29, 1.82) is 0 Å². The molecule has 2 amide bonds. The molecule has 2 N–H and O–H groups in total. The molecular formula is C17H18N2O2S. The van der Waals surface area contributed by atoms with Crippen molar-refractivity contribution in [2.45, 2.75) is 25.8 Å². The van der Waals surface area contributed by atoms with E-state index in [0.717, 1.165) is 0 Å². The first-order valence-electron chi connectivity index (χ1n) is 7.39. The van der Waals surface area contributed by atoms with Crippen LogP contribution in [0.25, 0.3) is 0 Å². The molecule has 0 aliphatic heterocycles. The Labute approximate surface area is 133 Å². The Balaban J connectivity index is 1.66. The third kappa shape index (κ3) is 3.54. The van der Waals surface area contributed by atoms with Gasteiger partial charge in [0.05, 0.1) is 4.88 Å². The van der Waals surface area contributed by atoms with Gasteiger partial charge in [-0.25, -0.2) is 0 Å². The van der Waals surface area contributed by atoms with E-state index in [9.17, 15) is 9.59 Å². The van der Waals surface area contributed by atoms with Crippen LogP contribution in [0.4, 0.5) is 5.69 Å². The number of amides is 2. The number of hydrogen-bond donors (Lipinski definition) is 2. The summed E-state index contributed by atoms with van der Waals surface area (Å²) < 4.78 is 0. The van der Waals surface area contributed by atoms with Gasteiger partial charge in [-0.3, -0.25) is 9.59 Å². The maximum atomic E-state index is 12.2. The summed E-state index contributed by atoms with van der Waals surface area (Å²) in [6.45, 7) is 2.04. The fourth-order valence-corrected chi connectivity index (χ4v) is 2.96. The largest absolute Gasteiger partial charge is 0.349 e. The molecule has 1 aromatic heterocycles. The molecule has 3 rings (SSSR count). The molecule has 1 saturated carbocycles. The number of thiophene rings is 1. The fraction of sp³-hybridized carbons (Fsp3) is 0.294. The molecule has 0 saturated heterocycles. The molecule has 22 heavy (non-hydrogen) atoms. The summed E-state index contributed by atoms with van der Waals surface area (Å²) in [5.74, 6) is 0.371. The predicted octanol–water partition coefficient (Wildman–Crippen LogP) is 3.53. The summed E-state index contributed by atoms with van der Waals surface area (Å²) in [4.78, 5) is 24.9. The van der Waals surface area contributed by atoms with E-state index in [1.165, 1.54) is 24.2 Å². The maximum absolute atomic E-state index is 12.2. The minimum atomic E-state index is -0.154. The first kappa shape index (κ1) is 14.8. The zero-order valence-corrected chi connectivity index (χ0v) is 13.2. The molecule has 1 heterocycles. The van der Waals surface area contributed by atoms with Crippen molar-refractivity contribution in [3.8, 4) is 0 Å². The third-order valence-corrected chi connectivity index (χ3v) is 4.68. The summed E-state index contributed by atoms with van der Waals surface area (Å²) in [5, 5.41) is 7.70. The Morgan fingerprint density at radius 3 is 2.68 bits per heavy atom. The Kier molecular flexibility index (Phi) is 4.24. The molecule has 1 fully saturated rings. The minimum Gasteiger partial charge on any atom is -0.349 e. The van der Waals surface area contributed by atoms with Gasteiger partial charge in [-0.15, -0.1) is 11.3 Å². The molecule has 0 radical (unpaired) electrons. The lowest BCUT2D eigenvalue weighted by Gasteiger charge is -2.13. The lowest BCUT2D eigenvalue weighted by molar-refractivity contribution is 0.0934. The average Bonchev–Trinajstić information content (AvgIpc) is 3.22. The molecule has 1 aliphatic rings. The Morgan fingerprint density at radius 2 is 2.00 bits per heavy atom. The molecule has 2 aromatic rings. The molecule has 1 unspecified atom stereocenters. The highest BCUT2D eigenvalue weighted by atomic mass is 32.1. The molecule has 114 valence electrons. The first-order valence-corrected chi connectivity index (χ1v) is 8.27. The highest BCUT2D eigenvalue weighted by Gasteiger charge is 2.29. The van der Waals surface area contributed by atoms with Crippen LogP contribution in [0.2, 0.25) is 0 Å². The summed E-state index contributed by atoms with van der Waals surface area (Å²) in [6.07, 6.45) is 2.39. The van der Waals surface area contributed by atoms with Gasteiger partial charge in [-0.05, 0) is 55.3 Å². The molecule has 1 aliphatic carbocycles. The quantitative estimate of drug-likeness (QED) is 0.887. The van der Waals surface area contributed by atoms with E-state index in [1.54, 1.807) is 30.3 Å². The molecule has 0 spiro atoms. The lowest BCUT2D eigenvalue weighted by atomic mass is 10.1. The van der Waals surface area contributed by atoms with Crippen LogP contribution in [-0.4, -0.2) is 17.9 Å². The van der Waals surface area contributed by atoms with Crippen LogP contribution in [0.1, 0.15) is 39.8 Å². The van der Waals surface area contributed by atoms with Gasteiger partial charge in [0.15, 0.2) is 0 Å². The van der Waals surface area contributed by atoms with Crippen LogP contribution in [0.15, 0.2) is 41.8 Å². The van der Waals surface area contributed by atoms with Crippen molar-refractivity contribution in [2.75, 3.05) is 5.32 Å². The van der Waals surface area contributed by atoms with Crippen molar-refractivity contribution < 1.29 is 9.59 Å². The second kappa shape index (κ2) is 6.32. The van der Waals surface area contributed by atoms with Gasteiger partial charge < -0.3 is 10.6 Å². The van der Waals surface area contributed by atoms with Gasteiger partial charge >= 0.3 is 0 Å². The van der Waals surface area contributed by atoms with Crippen LogP contribution in [0.5, 0.6) is 0 Å². The molecule has 1 aromatic carbocycles. The third-order valence-electron chi connectivity index (χ3n) is 3.82. The number of carbonyl (C=O) groups is 2. The van der Waals surface area contributed by atoms with Gasteiger partial charge in [0.1, 0.15) is 0 Å². The van der Waals surface area contributed by atoms with Crippen molar-refractivity contribution >= 4 is 28.8 Å². The molecule has 4 nitrogen and oxygen atoms in total. The van der Waals surface area contributed by atoms with Crippen molar-refractivity contribution in [2.24, 2.45) is 5.92 Å². The zero-order valence-electron chi connectivity index (χ0n) is 12.3. The fourth-order valence-electron chi connectivity index (χ4n) is 2.34. The Bertz CT molecular complexity index is 678. The smallest absolute Gasteiger partial charge is 0.265 e. The van der Waals surface area contributed by atoms with E-state index in [4.69, 9.17) is 0 Å². The highest BCUT2D eigenvalue weighted by Crippen LogP contribution is 2.32. The van der Waals surface area contributed by atoms with Crippen molar-refractivity contribution in [3.63, 3.8) is 0 Å². The number of carbonyl (C=O) groups excluding carboxylic acids is 2. The standard InChI is InChI=1S/C17H18N2O2S/c1-11(12-7-8-12)18-16(20)13-4-2-5-14(10-13)19-17(21)15-6-3-9-22-15/h2-6,9-12H,7-8H2,1H3,(H,18,20)(H,19,21).